The number of benzene rings is 2. The lowest BCUT2D eigenvalue weighted by molar-refractivity contribution is 0.590. The van der Waals surface area contributed by atoms with Gasteiger partial charge >= 0.3 is 0 Å². The maximum atomic E-state index is 3.39. The third kappa shape index (κ3) is 2.31. The van der Waals surface area contributed by atoms with Crippen molar-refractivity contribution in [2.75, 3.05) is 7.05 Å². The van der Waals surface area contributed by atoms with E-state index in [4.69, 9.17) is 0 Å². The molecule has 0 radical (unpaired) electrons. The van der Waals surface area contributed by atoms with Gasteiger partial charge in [0.25, 0.3) is 0 Å². The van der Waals surface area contributed by atoms with Gasteiger partial charge in [0, 0.05) is 6.04 Å². The normalized spacial score (nSPS) is 17.5. The molecule has 0 spiro atoms. The first-order chi connectivity index (χ1) is 9.31. The van der Waals surface area contributed by atoms with E-state index in [1.807, 2.05) is 0 Å². The predicted molar refractivity (Wildman–Crippen MR) is 81.4 cm³/mol. The van der Waals surface area contributed by atoms with E-state index in [1.54, 1.807) is 0 Å². The summed E-state index contributed by atoms with van der Waals surface area (Å²) in [6.45, 7) is 2.20. The number of nitrogens with one attached hydrogen (secondary N) is 1. The molecular formula is C18H21N. The third-order valence-electron chi connectivity index (χ3n) is 4.26. The fourth-order valence-corrected chi connectivity index (χ4v) is 3.03. The summed E-state index contributed by atoms with van der Waals surface area (Å²) in [5.74, 6) is 0. The Labute approximate surface area is 115 Å². The van der Waals surface area contributed by atoms with Crippen LogP contribution in [0.5, 0.6) is 0 Å². The fourth-order valence-electron chi connectivity index (χ4n) is 3.03. The highest BCUT2D eigenvalue weighted by Crippen LogP contribution is 2.33. The lowest BCUT2D eigenvalue weighted by Crippen LogP contribution is -2.12. The van der Waals surface area contributed by atoms with E-state index in [0.717, 1.165) is 6.42 Å². The van der Waals surface area contributed by atoms with Gasteiger partial charge in [-0.25, -0.2) is 0 Å². The Morgan fingerprint density at radius 3 is 2.47 bits per heavy atom. The molecule has 1 heteroatoms. The van der Waals surface area contributed by atoms with Crippen LogP contribution in [-0.4, -0.2) is 7.05 Å². The summed E-state index contributed by atoms with van der Waals surface area (Å²) in [5.41, 5.74) is 7.07. The van der Waals surface area contributed by atoms with Crippen LogP contribution in [-0.2, 0) is 12.8 Å². The zero-order valence-electron chi connectivity index (χ0n) is 11.7. The molecule has 0 aliphatic heterocycles. The largest absolute Gasteiger partial charge is 0.313 e. The van der Waals surface area contributed by atoms with Gasteiger partial charge in [0.1, 0.15) is 0 Å². The number of rotatable bonds is 3. The molecule has 0 saturated heterocycles. The molecule has 0 heterocycles. The summed E-state index contributed by atoms with van der Waals surface area (Å²) in [6.07, 6.45) is 3.53. The van der Waals surface area contributed by atoms with Crippen LogP contribution in [0, 0.1) is 0 Å². The van der Waals surface area contributed by atoms with Crippen molar-refractivity contribution in [1.29, 1.82) is 0 Å². The number of hydrogen-bond acceptors (Lipinski definition) is 1. The molecule has 3 rings (SSSR count). The van der Waals surface area contributed by atoms with Gasteiger partial charge < -0.3 is 5.32 Å². The summed E-state index contributed by atoms with van der Waals surface area (Å²) in [5, 5.41) is 3.39. The van der Waals surface area contributed by atoms with Gasteiger partial charge in [0.2, 0.25) is 0 Å². The fraction of sp³-hybridized carbons (Fsp3) is 0.333. The van der Waals surface area contributed by atoms with Crippen LogP contribution in [0.4, 0.5) is 0 Å². The molecule has 1 N–H and O–H groups in total. The highest BCUT2D eigenvalue weighted by Gasteiger charge is 2.20. The minimum absolute atomic E-state index is 0.548. The molecule has 0 saturated carbocycles. The van der Waals surface area contributed by atoms with Crippen LogP contribution in [0.1, 0.15) is 36.1 Å². The van der Waals surface area contributed by atoms with Crippen LogP contribution in [0.25, 0.3) is 11.1 Å². The van der Waals surface area contributed by atoms with Crippen LogP contribution in [0.15, 0.2) is 42.5 Å². The Balaban J connectivity index is 1.94. The van der Waals surface area contributed by atoms with Crippen LogP contribution >= 0.6 is 0 Å². The van der Waals surface area contributed by atoms with Crippen LogP contribution in [0.3, 0.4) is 0 Å². The minimum atomic E-state index is 0.548. The summed E-state index contributed by atoms with van der Waals surface area (Å²) in [4.78, 5) is 0. The van der Waals surface area contributed by atoms with Gasteiger partial charge in [-0.05, 0) is 54.1 Å². The molecule has 1 aliphatic carbocycles. The molecule has 2 aromatic rings. The number of fused-ring (bicyclic) bond motifs is 1. The Hall–Kier alpha value is -1.60. The Bertz CT molecular complexity index is 569. The molecule has 1 aliphatic rings. The van der Waals surface area contributed by atoms with E-state index in [2.05, 4.69) is 61.8 Å². The molecule has 1 atom stereocenters. The summed E-state index contributed by atoms with van der Waals surface area (Å²) < 4.78 is 0. The van der Waals surface area contributed by atoms with Crippen molar-refractivity contribution in [3.8, 4) is 11.1 Å². The zero-order chi connectivity index (χ0) is 13.2. The van der Waals surface area contributed by atoms with Gasteiger partial charge in [-0.3, -0.25) is 0 Å². The topological polar surface area (TPSA) is 12.0 Å². The minimum Gasteiger partial charge on any atom is -0.313 e. The van der Waals surface area contributed by atoms with E-state index in [-0.39, 0.29) is 0 Å². The zero-order valence-corrected chi connectivity index (χ0v) is 11.7. The second kappa shape index (κ2) is 5.18. The summed E-state index contributed by atoms with van der Waals surface area (Å²) in [6, 6.07) is 16.4. The molecule has 0 aromatic heterocycles. The van der Waals surface area contributed by atoms with Crippen molar-refractivity contribution >= 4 is 0 Å². The highest BCUT2D eigenvalue weighted by atomic mass is 14.9. The molecule has 2 aromatic carbocycles. The monoisotopic (exact) mass is 251 g/mol. The van der Waals surface area contributed by atoms with Crippen molar-refractivity contribution in [2.24, 2.45) is 0 Å². The standard InChI is InChI=1S/C18H21N/c1-3-13-4-6-14(7-5-13)15-8-10-17-16(12-15)9-11-18(17)19-2/h4-8,10,12,18-19H,3,9,11H2,1-2H3. The molecule has 1 unspecified atom stereocenters. The first-order valence-electron chi connectivity index (χ1n) is 7.21. The van der Waals surface area contributed by atoms with Crippen LogP contribution in [0.2, 0.25) is 0 Å². The van der Waals surface area contributed by atoms with E-state index < -0.39 is 0 Å². The SMILES string of the molecule is CCc1ccc(-c2ccc3c(c2)CCC3NC)cc1. The third-order valence-corrected chi connectivity index (χ3v) is 4.26. The first kappa shape index (κ1) is 12.4. The summed E-state index contributed by atoms with van der Waals surface area (Å²) >= 11 is 0. The predicted octanol–water partition coefficient (Wildman–Crippen LogP) is 4.12. The van der Waals surface area contributed by atoms with Gasteiger partial charge in [-0.15, -0.1) is 0 Å². The molecule has 1 nitrogen and oxygen atoms in total. The molecule has 0 fully saturated rings. The van der Waals surface area contributed by atoms with E-state index in [9.17, 15) is 0 Å². The van der Waals surface area contributed by atoms with E-state index in [1.165, 1.54) is 40.7 Å². The van der Waals surface area contributed by atoms with Gasteiger partial charge in [0.15, 0.2) is 0 Å². The quantitative estimate of drug-likeness (QED) is 0.865. The van der Waals surface area contributed by atoms with Gasteiger partial charge in [0.05, 0.1) is 0 Å². The smallest absolute Gasteiger partial charge is 0.0323 e. The van der Waals surface area contributed by atoms with Gasteiger partial charge in [-0.1, -0.05) is 49.4 Å². The molecule has 0 bridgehead atoms. The molecular weight excluding hydrogens is 230 g/mol. The molecule has 0 amide bonds. The Kier molecular flexibility index (Phi) is 3.39. The van der Waals surface area contributed by atoms with E-state index >= 15 is 0 Å². The Morgan fingerprint density at radius 1 is 1.05 bits per heavy atom. The van der Waals surface area contributed by atoms with Crippen molar-refractivity contribution in [3.63, 3.8) is 0 Å². The van der Waals surface area contributed by atoms with Crippen LogP contribution < -0.4 is 5.32 Å². The van der Waals surface area contributed by atoms with Crippen molar-refractivity contribution < 1.29 is 0 Å². The summed E-state index contributed by atoms with van der Waals surface area (Å²) in [7, 11) is 2.05. The average molecular weight is 251 g/mol. The van der Waals surface area contributed by atoms with Gasteiger partial charge in [-0.2, -0.15) is 0 Å². The second-order valence-electron chi connectivity index (χ2n) is 5.34. The maximum absolute atomic E-state index is 3.39. The maximum Gasteiger partial charge on any atom is 0.0323 e. The highest BCUT2D eigenvalue weighted by molar-refractivity contribution is 5.65. The number of aryl methyl sites for hydroxylation is 2. The van der Waals surface area contributed by atoms with E-state index in [0.29, 0.717) is 6.04 Å². The second-order valence-corrected chi connectivity index (χ2v) is 5.34. The van der Waals surface area contributed by atoms with Crippen molar-refractivity contribution in [1.82, 2.24) is 5.32 Å². The number of hydrogen-bond donors (Lipinski definition) is 1. The molecule has 19 heavy (non-hydrogen) atoms. The lowest BCUT2D eigenvalue weighted by atomic mass is 9.98. The molecule has 98 valence electrons. The average Bonchev–Trinajstić information content (AvgIpc) is 2.89. The Morgan fingerprint density at radius 2 is 1.79 bits per heavy atom. The first-order valence-corrected chi connectivity index (χ1v) is 7.21. The lowest BCUT2D eigenvalue weighted by Gasteiger charge is -2.11. The van der Waals surface area contributed by atoms with Crippen molar-refractivity contribution in [3.05, 3.63) is 59.2 Å². The van der Waals surface area contributed by atoms with Crippen molar-refractivity contribution in [2.45, 2.75) is 32.2 Å².